The summed E-state index contributed by atoms with van der Waals surface area (Å²) in [6.45, 7) is 5.23. The van der Waals surface area contributed by atoms with Crippen LogP contribution in [-0.4, -0.2) is 54.9 Å². The molecule has 2 rings (SSSR count). The zero-order chi connectivity index (χ0) is 18.6. The molecule has 1 aromatic heterocycles. The van der Waals surface area contributed by atoms with Crippen molar-refractivity contribution in [2.75, 3.05) is 25.9 Å². The maximum atomic E-state index is 12.0. The van der Waals surface area contributed by atoms with Gasteiger partial charge in [0.2, 0.25) is 0 Å². The third kappa shape index (κ3) is 4.64. The second kappa shape index (κ2) is 8.36. The van der Waals surface area contributed by atoms with Crippen molar-refractivity contribution < 1.29 is 13.2 Å². The van der Waals surface area contributed by atoms with E-state index in [0.29, 0.717) is 12.1 Å². The Balaban J connectivity index is 2.08. The lowest BCUT2D eigenvalue weighted by Gasteiger charge is -2.36. The van der Waals surface area contributed by atoms with Gasteiger partial charge in [-0.1, -0.05) is 6.42 Å². The van der Waals surface area contributed by atoms with Crippen molar-refractivity contribution in [3.8, 4) is 0 Å². The predicted octanol–water partition coefficient (Wildman–Crippen LogP) is 2.12. The average molecular weight is 370 g/mol. The van der Waals surface area contributed by atoms with E-state index in [0.717, 1.165) is 38.0 Å². The molecule has 0 aromatic carbocycles. The van der Waals surface area contributed by atoms with Crippen molar-refractivity contribution in [3.05, 3.63) is 23.5 Å². The number of rotatable bonds is 7. The highest BCUT2D eigenvalue weighted by molar-refractivity contribution is 7.91. The Morgan fingerprint density at radius 3 is 2.68 bits per heavy atom. The molecule has 0 radical (unpaired) electrons. The summed E-state index contributed by atoms with van der Waals surface area (Å²) in [7, 11) is 0.578. The first-order valence-corrected chi connectivity index (χ1v) is 10.8. The van der Waals surface area contributed by atoms with Crippen LogP contribution >= 0.6 is 0 Å². The molecule has 0 spiro atoms. The Bertz CT molecular complexity index is 694. The molecule has 25 heavy (non-hydrogen) atoms. The molecule has 0 aliphatic carbocycles. The van der Waals surface area contributed by atoms with Crippen molar-refractivity contribution in [1.29, 1.82) is 0 Å². The summed E-state index contributed by atoms with van der Waals surface area (Å²) in [6, 6.07) is 4.14. The van der Waals surface area contributed by atoms with Gasteiger partial charge in [0.15, 0.2) is 9.84 Å². The summed E-state index contributed by atoms with van der Waals surface area (Å²) in [5.41, 5.74) is 1.79. The van der Waals surface area contributed by atoms with Gasteiger partial charge >= 0.3 is 0 Å². The Kier molecular flexibility index (Phi) is 6.68. The lowest BCUT2D eigenvalue weighted by Crippen LogP contribution is -2.36. The summed E-state index contributed by atoms with van der Waals surface area (Å²) >= 11 is 0. The second-order valence-electron chi connectivity index (χ2n) is 7.10. The van der Waals surface area contributed by atoms with E-state index in [2.05, 4.69) is 10.2 Å². The minimum absolute atomic E-state index is 0.0841. The van der Waals surface area contributed by atoms with Crippen molar-refractivity contribution in [3.63, 3.8) is 0 Å². The molecule has 1 N–H and O–H groups in total. The van der Waals surface area contributed by atoms with Gasteiger partial charge in [-0.2, -0.15) is 0 Å². The monoisotopic (exact) mass is 369 g/mol. The van der Waals surface area contributed by atoms with Gasteiger partial charge in [-0.05, 0) is 58.3 Å². The van der Waals surface area contributed by atoms with Crippen molar-refractivity contribution >= 4 is 15.7 Å². The van der Waals surface area contributed by atoms with E-state index in [1.165, 1.54) is 0 Å². The van der Waals surface area contributed by atoms with E-state index in [4.69, 9.17) is 0 Å². The molecule has 1 aliphatic heterocycles. The minimum Gasteiger partial charge on any atom is -0.354 e. The fourth-order valence-electron chi connectivity index (χ4n) is 3.52. The molecule has 1 amide bonds. The van der Waals surface area contributed by atoms with Crippen LogP contribution in [0.25, 0.3) is 0 Å². The standard InChI is InChI=1S/C18H31N3O3S/c1-14(2)25(23,24)13-7-12-21-11-6-5-8-16(21)15-9-10-17(20(15)4)18(22)19-3/h9-10,14,16H,5-8,11-13H2,1-4H3,(H,19,22). The lowest BCUT2D eigenvalue weighted by atomic mass is 9.99. The molecule has 1 unspecified atom stereocenters. The number of amides is 1. The van der Waals surface area contributed by atoms with Crippen molar-refractivity contribution in [2.24, 2.45) is 7.05 Å². The van der Waals surface area contributed by atoms with Gasteiger partial charge in [0, 0.05) is 19.8 Å². The van der Waals surface area contributed by atoms with E-state index in [1.807, 2.05) is 23.7 Å². The molecule has 2 heterocycles. The number of sulfone groups is 1. The molecule has 1 atom stereocenters. The number of hydrogen-bond donors (Lipinski definition) is 1. The predicted molar refractivity (Wildman–Crippen MR) is 101 cm³/mol. The molecule has 0 bridgehead atoms. The first-order valence-electron chi connectivity index (χ1n) is 9.11. The number of nitrogens with one attached hydrogen (secondary N) is 1. The number of carbonyl (C=O) groups is 1. The highest BCUT2D eigenvalue weighted by Crippen LogP contribution is 2.31. The molecule has 142 valence electrons. The van der Waals surface area contributed by atoms with E-state index in [1.54, 1.807) is 20.9 Å². The normalized spacial score (nSPS) is 19.3. The zero-order valence-electron chi connectivity index (χ0n) is 15.8. The fraction of sp³-hybridized carbons (Fsp3) is 0.722. The molecular weight excluding hydrogens is 338 g/mol. The van der Waals surface area contributed by atoms with Crippen LogP contribution in [-0.2, 0) is 16.9 Å². The van der Waals surface area contributed by atoms with Gasteiger partial charge in [0.25, 0.3) is 5.91 Å². The summed E-state index contributed by atoms with van der Waals surface area (Å²) < 4.78 is 26.0. The van der Waals surface area contributed by atoms with E-state index in [-0.39, 0.29) is 23.0 Å². The summed E-state index contributed by atoms with van der Waals surface area (Å²) in [6.07, 6.45) is 4.00. The molecule has 6 nitrogen and oxygen atoms in total. The molecule has 1 fully saturated rings. The number of carbonyl (C=O) groups excluding carboxylic acids is 1. The van der Waals surface area contributed by atoms with Gasteiger partial charge in [0.05, 0.1) is 17.0 Å². The summed E-state index contributed by atoms with van der Waals surface area (Å²) in [4.78, 5) is 14.3. The molecule has 1 aromatic rings. The Labute approximate surface area is 151 Å². The first kappa shape index (κ1) is 20.0. The largest absolute Gasteiger partial charge is 0.354 e. The van der Waals surface area contributed by atoms with Gasteiger partial charge in [-0.25, -0.2) is 8.42 Å². The zero-order valence-corrected chi connectivity index (χ0v) is 16.6. The topological polar surface area (TPSA) is 71.4 Å². The van der Waals surface area contributed by atoms with Crippen LogP contribution in [0.2, 0.25) is 0 Å². The van der Waals surface area contributed by atoms with Crippen LogP contribution in [0, 0.1) is 0 Å². The second-order valence-corrected chi connectivity index (χ2v) is 9.78. The van der Waals surface area contributed by atoms with Gasteiger partial charge in [-0.3, -0.25) is 9.69 Å². The third-order valence-electron chi connectivity index (χ3n) is 5.17. The number of likely N-dealkylation sites (tertiary alicyclic amines) is 1. The molecule has 0 saturated carbocycles. The smallest absolute Gasteiger partial charge is 0.267 e. The van der Waals surface area contributed by atoms with Gasteiger partial charge in [-0.15, -0.1) is 0 Å². The van der Waals surface area contributed by atoms with Gasteiger partial charge in [0.1, 0.15) is 5.69 Å². The molecule has 1 saturated heterocycles. The van der Waals surface area contributed by atoms with Gasteiger partial charge < -0.3 is 9.88 Å². The Hall–Kier alpha value is -1.34. The average Bonchev–Trinajstić information content (AvgIpc) is 2.95. The Morgan fingerprint density at radius 1 is 1.32 bits per heavy atom. The first-order chi connectivity index (χ1) is 11.8. The molecule has 1 aliphatic rings. The summed E-state index contributed by atoms with van der Waals surface area (Å²) in [5, 5.41) is 2.36. The number of nitrogens with zero attached hydrogens (tertiary/aromatic N) is 2. The van der Waals surface area contributed by atoms with Crippen LogP contribution in [0.5, 0.6) is 0 Å². The lowest BCUT2D eigenvalue weighted by molar-refractivity contribution is 0.0952. The van der Waals surface area contributed by atoms with E-state index < -0.39 is 9.84 Å². The number of piperidine rings is 1. The van der Waals surface area contributed by atoms with Crippen LogP contribution in [0.1, 0.15) is 61.8 Å². The quantitative estimate of drug-likeness (QED) is 0.799. The number of aromatic nitrogens is 1. The summed E-state index contributed by atoms with van der Waals surface area (Å²) in [5.74, 6) is 0.156. The van der Waals surface area contributed by atoms with E-state index in [9.17, 15) is 13.2 Å². The fourth-order valence-corrected chi connectivity index (χ4v) is 4.52. The Morgan fingerprint density at radius 2 is 2.04 bits per heavy atom. The maximum Gasteiger partial charge on any atom is 0.267 e. The SMILES string of the molecule is CNC(=O)c1ccc(C2CCCCN2CCCS(=O)(=O)C(C)C)n1C. The van der Waals surface area contributed by atoms with E-state index >= 15 is 0 Å². The van der Waals surface area contributed by atoms with Crippen molar-refractivity contribution in [1.82, 2.24) is 14.8 Å². The highest BCUT2D eigenvalue weighted by Gasteiger charge is 2.27. The molecule has 7 heteroatoms. The van der Waals surface area contributed by atoms with Crippen LogP contribution < -0.4 is 5.32 Å². The maximum absolute atomic E-state index is 12.0. The van der Waals surface area contributed by atoms with Crippen LogP contribution in [0.15, 0.2) is 12.1 Å². The van der Waals surface area contributed by atoms with Crippen LogP contribution in [0.3, 0.4) is 0 Å². The molecular formula is C18H31N3O3S. The highest BCUT2D eigenvalue weighted by atomic mass is 32.2. The number of hydrogen-bond acceptors (Lipinski definition) is 4. The third-order valence-corrected chi connectivity index (χ3v) is 7.46. The van der Waals surface area contributed by atoms with Crippen LogP contribution in [0.4, 0.5) is 0 Å². The minimum atomic E-state index is -2.98. The van der Waals surface area contributed by atoms with Crippen molar-refractivity contribution in [2.45, 2.75) is 50.8 Å².